The van der Waals surface area contributed by atoms with E-state index in [0.717, 1.165) is 5.69 Å². The first kappa shape index (κ1) is 10.2. The van der Waals surface area contributed by atoms with E-state index in [2.05, 4.69) is 16.9 Å². The van der Waals surface area contributed by atoms with Crippen LogP contribution in [0, 0.1) is 6.92 Å². The molecule has 1 aromatic rings. The summed E-state index contributed by atoms with van der Waals surface area (Å²) in [5.74, 6) is -0.151. The summed E-state index contributed by atoms with van der Waals surface area (Å²) in [6.45, 7) is 5.55. The average molecular weight is 217 g/mol. The van der Waals surface area contributed by atoms with Gasteiger partial charge < -0.3 is 5.32 Å². The third kappa shape index (κ3) is 2.82. The van der Waals surface area contributed by atoms with Gasteiger partial charge in [0, 0.05) is 5.03 Å². The first-order valence-electron chi connectivity index (χ1n) is 3.63. The lowest BCUT2D eigenvalue weighted by Crippen LogP contribution is -2.24. The molecule has 1 amide bonds. The second-order valence-corrected chi connectivity index (χ2v) is 3.86. The molecule has 0 atom stereocenters. The van der Waals surface area contributed by atoms with Crippen LogP contribution >= 0.6 is 22.9 Å². The van der Waals surface area contributed by atoms with Crippen molar-refractivity contribution in [3.8, 4) is 0 Å². The van der Waals surface area contributed by atoms with E-state index in [-0.39, 0.29) is 12.5 Å². The van der Waals surface area contributed by atoms with Crippen molar-refractivity contribution in [2.45, 2.75) is 6.92 Å². The van der Waals surface area contributed by atoms with Gasteiger partial charge in [0.2, 0.25) is 0 Å². The Morgan fingerprint density at radius 2 is 2.54 bits per heavy atom. The third-order valence-corrected chi connectivity index (χ3v) is 2.45. The quantitative estimate of drug-likeness (QED) is 0.839. The van der Waals surface area contributed by atoms with Gasteiger partial charge in [-0.3, -0.25) is 4.79 Å². The number of aromatic nitrogens is 1. The van der Waals surface area contributed by atoms with Crippen LogP contribution in [0.3, 0.4) is 0 Å². The van der Waals surface area contributed by atoms with E-state index >= 15 is 0 Å². The number of carbonyl (C=O) groups is 1. The van der Waals surface area contributed by atoms with Gasteiger partial charge in [-0.25, -0.2) is 4.98 Å². The van der Waals surface area contributed by atoms with Crippen molar-refractivity contribution in [1.29, 1.82) is 0 Å². The van der Waals surface area contributed by atoms with Crippen LogP contribution in [0.5, 0.6) is 0 Å². The highest BCUT2D eigenvalue weighted by atomic mass is 35.5. The molecule has 0 aromatic carbocycles. The Bertz CT molecular complexity index is 335. The summed E-state index contributed by atoms with van der Waals surface area (Å²) in [7, 11) is 0. The molecular formula is C8H9ClN2OS. The Balaban J connectivity index is 2.59. The summed E-state index contributed by atoms with van der Waals surface area (Å²) in [5.41, 5.74) is 2.38. The summed E-state index contributed by atoms with van der Waals surface area (Å²) in [6.07, 6.45) is 0. The van der Waals surface area contributed by atoms with Gasteiger partial charge >= 0.3 is 0 Å². The van der Waals surface area contributed by atoms with Gasteiger partial charge in [-0.1, -0.05) is 18.2 Å². The number of nitrogens with one attached hydrogen (secondary N) is 1. The zero-order valence-corrected chi connectivity index (χ0v) is 8.71. The van der Waals surface area contributed by atoms with Crippen LogP contribution in [-0.2, 0) is 0 Å². The smallest absolute Gasteiger partial charge is 0.263 e. The molecule has 3 nitrogen and oxygen atoms in total. The molecule has 0 saturated carbocycles. The molecule has 0 radical (unpaired) electrons. The SMILES string of the molecule is C=C(Cl)CNC(=O)c1scnc1C. The Hall–Kier alpha value is -0.870. The zero-order chi connectivity index (χ0) is 9.84. The summed E-state index contributed by atoms with van der Waals surface area (Å²) >= 11 is 6.82. The van der Waals surface area contributed by atoms with E-state index in [1.807, 2.05) is 0 Å². The van der Waals surface area contributed by atoms with Crippen LogP contribution in [0.1, 0.15) is 15.4 Å². The van der Waals surface area contributed by atoms with Crippen molar-refractivity contribution < 1.29 is 4.79 Å². The second kappa shape index (κ2) is 4.39. The van der Waals surface area contributed by atoms with Crippen molar-refractivity contribution in [2.24, 2.45) is 0 Å². The lowest BCUT2D eigenvalue weighted by molar-refractivity contribution is 0.0961. The maximum Gasteiger partial charge on any atom is 0.263 e. The molecule has 0 fully saturated rings. The van der Waals surface area contributed by atoms with Gasteiger partial charge in [0.15, 0.2) is 0 Å². The first-order valence-corrected chi connectivity index (χ1v) is 4.88. The minimum absolute atomic E-state index is 0.151. The molecule has 0 aliphatic heterocycles. The number of aryl methyl sites for hydroxylation is 1. The Labute approximate surface area is 85.4 Å². The number of hydrogen-bond donors (Lipinski definition) is 1. The van der Waals surface area contributed by atoms with Gasteiger partial charge in [-0.2, -0.15) is 0 Å². The molecule has 0 unspecified atom stereocenters. The average Bonchev–Trinajstić information content (AvgIpc) is 2.47. The largest absolute Gasteiger partial charge is 0.346 e. The molecule has 5 heteroatoms. The number of hydrogen-bond acceptors (Lipinski definition) is 3. The van der Waals surface area contributed by atoms with E-state index in [1.165, 1.54) is 11.3 Å². The van der Waals surface area contributed by atoms with Gasteiger partial charge in [-0.05, 0) is 6.92 Å². The molecule has 0 aliphatic carbocycles. The van der Waals surface area contributed by atoms with Crippen LogP contribution in [0.25, 0.3) is 0 Å². The minimum Gasteiger partial charge on any atom is -0.346 e. The fourth-order valence-electron chi connectivity index (χ4n) is 0.776. The van der Waals surface area contributed by atoms with E-state index in [1.54, 1.807) is 12.4 Å². The molecular weight excluding hydrogens is 208 g/mol. The summed E-state index contributed by atoms with van der Waals surface area (Å²) in [6, 6.07) is 0. The number of halogens is 1. The van der Waals surface area contributed by atoms with Gasteiger partial charge in [0.25, 0.3) is 5.91 Å². The van der Waals surface area contributed by atoms with Crippen molar-refractivity contribution in [2.75, 3.05) is 6.54 Å². The van der Waals surface area contributed by atoms with Crippen molar-refractivity contribution in [1.82, 2.24) is 10.3 Å². The summed E-state index contributed by atoms with van der Waals surface area (Å²) in [4.78, 5) is 16.0. The first-order chi connectivity index (χ1) is 6.11. The monoisotopic (exact) mass is 216 g/mol. The standard InChI is InChI=1S/C8H9ClN2OS/c1-5(9)3-10-8(12)7-6(2)11-4-13-7/h4H,1,3H2,2H3,(H,10,12). The maximum atomic E-state index is 11.4. The van der Waals surface area contributed by atoms with Crippen LogP contribution in [-0.4, -0.2) is 17.4 Å². The normalized spacial score (nSPS) is 9.69. The predicted octanol–water partition coefficient (Wildman–Crippen LogP) is 1.93. The topological polar surface area (TPSA) is 42.0 Å². The molecule has 13 heavy (non-hydrogen) atoms. The van der Waals surface area contributed by atoms with E-state index in [4.69, 9.17) is 11.6 Å². The van der Waals surface area contributed by atoms with Crippen LogP contribution in [0.2, 0.25) is 0 Å². The van der Waals surface area contributed by atoms with Gasteiger partial charge in [0.05, 0.1) is 17.7 Å². The molecule has 0 bridgehead atoms. The molecule has 1 rings (SSSR count). The molecule has 0 spiro atoms. The fraction of sp³-hybridized carbons (Fsp3) is 0.250. The third-order valence-electron chi connectivity index (χ3n) is 1.39. The molecule has 70 valence electrons. The lowest BCUT2D eigenvalue weighted by atomic mass is 10.4. The highest BCUT2D eigenvalue weighted by Crippen LogP contribution is 2.11. The highest BCUT2D eigenvalue weighted by molar-refractivity contribution is 7.11. The van der Waals surface area contributed by atoms with E-state index in [0.29, 0.717) is 9.91 Å². The van der Waals surface area contributed by atoms with Gasteiger partial charge in [-0.15, -0.1) is 11.3 Å². The Morgan fingerprint density at radius 1 is 1.85 bits per heavy atom. The predicted molar refractivity (Wildman–Crippen MR) is 54.2 cm³/mol. The van der Waals surface area contributed by atoms with E-state index < -0.39 is 0 Å². The number of rotatable bonds is 3. The van der Waals surface area contributed by atoms with Crippen LogP contribution in [0.15, 0.2) is 17.1 Å². The fourth-order valence-corrected chi connectivity index (χ4v) is 1.56. The lowest BCUT2D eigenvalue weighted by Gasteiger charge is -2.01. The minimum atomic E-state index is -0.151. The highest BCUT2D eigenvalue weighted by Gasteiger charge is 2.10. The molecule has 1 N–H and O–H groups in total. The Morgan fingerprint density at radius 3 is 3.00 bits per heavy atom. The molecule has 1 aromatic heterocycles. The zero-order valence-electron chi connectivity index (χ0n) is 7.13. The van der Waals surface area contributed by atoms with Gasteiger partial charge in [0.1, 0.15) is 4.88 Å². The molecule has 0 aliphatic rings. The van der Waals surface area contributed by atoms with Crippen molar-refractivity contribution in [3.05, 3.63) is 27.7 Å². The molecule has 1 heterocycles. The van der Waals surface area contributed by atoms with Crippen LogP contribution in [0.4, 0.5) is 0 Å². The van der Waals surface area contributed by atoms with Crippen LogP contribution < -0.4 is 5.32 Å². The van der Waals surface area contributed by atoms with Crippen molar-refractivity contribution in [3.63, 3.8) is 0 Å². The van der Waals surface area contributed by atoms with E-state index in [9.17, 15) is 4.79 Å². The number of carbonyl (C=O) groups excluding carboxylic acids is 1. The second-order valence-electron chi connectivity index (χ2n) is 2.47. The number of thiazole rings is 1. The summed E-state index contributed by atoms with van der Waals surface area (Å²) < 4.78 is 0. The van der Waals surface area contributed by atoms with Crippen molar-refractivity contribution >= 4 is 28.8 Å². The summed E-state index contributed by atoms with van der Waals surface area (Å²) in [5, 5.41) is 3.04. The number of nitrogens with zero attached hydrogens (tertiary/aromatic N) is 1. The maximum absolute atomic E-state index is 11.4. The molecule has 0 saturated heterocycles. The Kier molecular flexibility index (Phi) is 3.45. The number of amides is 1.